The fourth-order valence-corrected chi connectivity index (χ4v) is 4.96. The van der Waals surface area contributed by atoms with Gasteiger partial charge in [0.2, 0.25) is 5.72 Å². The minimum atomic E-state index is -1.05. The standard InChI is InChI=1S/C26H22N2O6/c1-31-19-9-6-17(7-10-19)24(29)27-18-8-11-20-21(14-18)25(30)34-23(20)26-22-5-3-2-4-16(22)12-13-28(26)33-15-32-26/h2-11,14,23H,12-13,15H2,1H3,(H,27,29). The topological polar surface area (TPSA) is 86.3 Å². The summed E-state index contributed by atoms with van der Waals surface area (Å²) in [4.78, 5) is 31.4. The molecule has 172 valence electrons. The Kier molecular flexibility index (Phi) is 4.88. The van der Waals surface area contributed by atoms with Gasteiger partial charge >= 0.3 is 5.97 Å². The van der Waals surface area contributed by atoms with Crippen molar-refractivity contribution in [2.24, 2.45) is 0 Å². The number of rotatable bonds is 4. The van der Waals surface area contributed by atoms with Gasteiger partial charge in [-0.05, 0) is 48.4 Å². The Bertz CT molecular complexity index is 1290. The molecule has 8 heteroatoms. The summed E-state index contributed by atoms with van der Waals surface area (Å²) in [5, 5.41) is 4.63. The second-order valence-corrected chi connectivity index (χ2v) is 8.37. The van der Waals surface area contributed by atoms with Crippen LogP contribution in [0.25, 0.3) is 0 Å². The molecule has 0 aliphatic carbocycles. The molecule has 2 atom stereocenters. The number of hydrogen-bond donors (Lipinski definition) is 1. The third-order valence-electron chi connectivity index (χ3n) is 6.59. The van der Waals surface area contributed by atoms with Gasteiger partial charge in [-0.3, -0.25) is 9.63 Å². The Morgan fingerprint density at radius 1 is 1.12 bits per heavy atom. The number of hydrogen-bond acceptors (Lipinski definition) is 7. The van der Waals surface area contributed by atoms with Gasteiger partial charge in [0.25, 0.3) is 5.91 Å². The monoisotopic (exact) mass is 458 g/mol. The molecule has 3 aliphatic rings. The first-order valence-electron chi connectivity index (χ1n) is 11.0. The minimum absolute atomic E-state index is 0.0771. The number of anilines is 1. The van der Waals surface area contributed by atoms with Crippen molar-refractivity contribution >= 4 is 17.6 Å². The lowest BCUT2D eigenvalue weighted by Gasteiger charge is -2.42. The van der Waals surface area contributed by atoms with Gasteiger partial charge in [-0.1, -0.05) is 30.3 Å². The summed E-state index contributed by atoms with van der Waals surface area (Å²) in [6.07, 6.45) is 0.107. The summed E-state index contributed by atoms with van der Waals surface area (Å²) < 4.78 is 17.2. The molecule has 1 fully saturated rings. The summed E-state index contributed by atoms with van der Waals surface area (Å²) in [6.45, 7) is 0.699. The van der Waals surface area contributed by atoms with E-state index in [9.17, 15) is 9.59 Å². The van der Waals surface area contributed by atoms with Crippen LogP contribution in [0.1, 0.15) is 43.5 Å². The zero-order valence-electron chi connectivity index (χ0n) is 18.4. The molecule has 1 saturated heterocycles. The van der Waals surface area contributed by atoms with E-state index in [1.807, 2.05) is 18.2 Å². The molecular weight excluding hydrogens is 436 g/mol. The average Bonchev–Trinajstić information content (AvgIpc) is 3.46. The van der Waals surface area contributed by atoms with E-state index in [1.54, 1.807) is 54.6 Å². The molecule has 2 unspecified atom stereocenters. The molecule has 6 rings (SSSR count). The van der Waals surface area contributed by atoms with E-state index in [4.69, 9.17) is 19.0 Å². The van der Waals surface area contributed by atoms with Crippen molar-refractivity contribution in [1.82, 2.24) is 5.06 Å². The van der Waals surface area contributed by atoms with Gasteiger partial charge in [0.15, 0.2) is 12.9 Å². The number of nitrogens with one attached hydrogen (secondary N) is 1. The SMILES string of the molecule is COc1ccc(C(=O)Nc2ccc3c(c2)C(=O)OC3C23OCON2CCc2ccccc23)cc1. The molecule has 3 aliphatic heterocycles. The number of ether oxygens (including phenoxy) is 3. The number of carbonyl (C=O) groups excluding carboxylic acids is 2. The second kappa shape index (κ2) is 7.95. The van der Waals surface area contributed by atoms with Crippen LogP contribution in [0.5, 0.6) is 5.75 Å². The van der Waals surface area contributed by atoms with Crippen molar-refractivity contribution in [3.8, 4) is 5.75 Å². The normalized spacial score (nSPS) is 23.0. The highest BCUT2D eigenvalue weighted by Crippen LogP contribution is 2.53. The zero-order chi connectivity index (χ0) is 23.3. The minimum Gasteiger partial charge on any atom is -0.497 e. The highest BCUT2D eigenvalue weighted by atomic mass is 16.9. The molecule has 1 amide bonds. The zero-order valence-corrected chi connectivity index (χ0v) is 18.4. The van der Waals surface area contributed by atoms with Crippen molar-refractivity contribution in [2.75, 3.05) is 25.8 Å². The number of fused-ring (bicyclic) bond motifs is 4. The fourth-order valence-electron chi connectivity index (χ4n) is 4.96. The number of nitrogens with zero attached hydrogens (tertiary/aromatic N) is 1. The number of benzene rings is 3. The lowest BCUT2D eigenvalue weighted by molar-refractivity contribution is -0.229. The smallest absolute Gasteiger partial charge is 0.339 e. The first-order chi connectivity index (χ1) is 16.6. The summed E-state index contributed by atoms with van der Waals surface area (Å²) in [5.41, 5.74) is 3.08. The number of methoxy groups -OCH3 is 1. The molecule has 8 nitrogen and oxygen atoms in total. The van der Waals surface area contributed by atoms with E-state index in [1.165, 1.54) is 0 Å². The molecular formula is C26H22N2O6. The Hall–Kier alpha value is -3.72. The molecule has 1 N–H and O–H groups in total. The van der Waals surface area contributed by atoms with Crippen molar-refractivity contribution in [3.63, 3.8) is 0 Å². The number of cyclic esters (lactones) is 1. The highest BCUT2D eigenvalue weighted by molar-refractivity contribution is 6.05. The Morgan fingerprint density at radius 3 is 2.76 bits per heavy atom. The first-order valence-corrected chi connectivity index (χ1v) is 11.0. The number of hydroxylamine groups is 2. The quantitative estimate of drug-likeness (QED) is 0.596. The maximum atomic E-state index is 12.9. The van der Waals surface area contributed by atoms with Gasteiger partial charge in [-0.2, -0.15) is 0 Å². The van der Waals surface area contributed by atoms with Crippen molar-refractivity contribution in [2.45, 2.75) is 18.2 Å². The van der Waals surface area contributed by atoms with Crippen LogP contribution >= 0.6 is 0 Å². The lowest BCUT2D eigenvalue weighted by atomic mass is 9.84. The summed E-state index contributed by atoms with van der Waals surface area (Å²) in [6, 6.07) is 20.0. The van der Waals surface area contributed by atoms with Gasteiger partial charge in [0, 0.05) is 28.9 Å². The summed E-state index contributed by atoms with van der Waals surface area (Å²) in [5.74, 6) is -0.0869. The van der Waals surface area contributed by atoms with Crippen molar-refractivity contribution in [3.05, 3.63) is 94.5 Å². The largest absolute Gasteiger partial charge is 0.497 e. The van der Waals surface area contributed by atoms with Gasteiger partial charge < -0.3 is 19.5 Å². The van der Waals surface area contributed by atoms with E-state index in [-0.39, 0.29) is 12.7 Å². The van der Waals surface area contributed by atoms with Crippen LogP contribution in [0.3, 0.4) is 0 Å². The molecule has 0 aromatic heterocycles. The predicted molar refractivity (Wildman–Crippen MR) is 121 cm³/mol. The Labute approximate surface area is 195 Å². The Balaban J connectivity index is 1.33. The van der Waals surface area contributed by atoms with Gasteiger partial charge in [-0.15, -0.1) is 5.06 Å². The average molecular weight is 458 g/mol. The van der Waals surface area contributed by atoms with Gasteiger partial charge in [0.1, 0.15) is 5.75 Å². The van der Waals surface area contributed by atoms with Crippen LogP contribution in [-0.4, -0.2) is 37.4 Å². The summed E-state index contributed by atoms with van der Waals surface area (Å²) >= 11 is 0. The first kappa shape index (κ1) is 20.9. The molecule has 3 aromatic carbocycles. The lowest BCUT2D eigenvalue weighted by Crippen LogP contribution is -2.50. The van der Waals surface area contributed by atoms with E-state index >= 15 is 0 Å². The maximum absolute atomic E-state index is 12.9. The van der Waals surface area contributed by atoms with Crippen molar-refractivity contribution in [1.29, 1.82) is 0 Å². The molecule has 3 aromatic rings. The summed E-state index contributed by atoms with van der Waals surface area (Å²) in [7, 11) is 1.57. The predicted octanol–water partition coefficient (Wildman–Crippen LogP) is 3.79. The molecule has 34 heavy (non-hydrogen) atoms. The van der Waals surface area contributed by atoms with Crippen LogP contribution in [-0.2, 0) is 26.5 Å². The third kappa shape index (κ3) is 3.11. The van der Waals surface area contributed by atoms with Crippen LogP contribution in [0.4, 0.5) is 5.69 Å². The van der Waals surface area contributed by atoms with Crippen LogP contribution in [0.2, 0.25) is 0 Å². The van der Waals surface area contributed by atoms with Crippen molar-refractivity contribution < 1.29 is 28.6 Å². The van der Waals surface area contributed by atoms with Crippen LogP contribution in [0.15, 0.2) is 66.7 Å². The third-order valence-corrected chi connectivity index (χ3v) is 6.59. The van der Waals surface area contributed by atoms with E-state index in [0.29, 0.717) is 34.7 Å². The number of carbonyl (C=O) groups is 2. The highest BCUT2D eigenvalue weighted by Gasteiger charge is 2.59. The van der Waals surface area contributed by atoms with E-state index in [2.05, 4.69) is 11.4 Å². The molecule has 0 radical (unpaired) electrons. The second-order valence-electron chi connectivity index (χ2n) is 8.37. The van der Waals surface area contributed by atoms with Crippen LogP contribution in [0, 0.1) is 0 Å². The van der Waals surface area contributed by atoms with Crippen LogP contribution < -0.4 is 10.1 Å². The van der Waals surface area contributed by atoms with Gasteiger partial charge in [-0.25, -0.2) is 4.79 Å². The maximum Gasteiger partial charge on any atom is 0.339 e. The fraction of sp³-hybridized carbons (Fsp3) is 0.231. The number of esters is 1. The van der Waals surface area contributed by atoms with E-state index in [0.717, 1.165) is 17.5 Å². The molecule has 3 heterocycles. The molecule has 0 spiro atoms. The molecule has 0 bridgehead atoms. The molecule has 0 saturated carbocycles. The van der Waals surface area contributed by atoms with E-state index < -0.39 is 17.8 Å². The Morgan fingerprint density at radius 2 is 1.94 bits per heavy atom. The number of amides is 1. The van der Waals surface area contributed by atoms with Gasteiger partial charge in [0.05, 0.1) is 12.7 Å².